The second-order valence-corrected chi connectivity index (χ2v) is 6.76. The Morgan fingerprint density at radius 1 is 0.966 bits per heavy atom. The van der Waals surface area contributed by atoms with Gasteiger partial charge in [-0.15, -0.1) is 0 Å². The number of hydrogen-bond acceptors (Lipinski definition) is 6. The van der Waals surface area contributed by atoms with Crippen LogP contribution in [-0.4, -0.2) is 39.3 Å². The molecule has 1 atom stereocenters. The van der Waals surface area contributed by atoms with Crippen molar-refractivity contribution in [3.63, 3.8) is 0 Å². The van der Waals surface area contributed by atoms with Crippen molar-refractivity contribution in [1.82, 2.24) is 0 Å². The molecule has 0 fully saturated rings. The smallest absolute Gasteiger partial charge is 0.203 e. The monoisotopic (exact) mass is 398 g/mol. The van der Waals surface area contributed by atoms with Crippen molar-refractivity contribution in [2.45, 2.75) is 25.4 Å². The lowest BCUT2D eigenvalue weighted by molar-refractivity contribution is 0.105. The summed E-state index contributed by atoms with van der Waals surface area (Å²) in [5.41, 5.74) is 2.35. The van der Waals surface area contributed by atoms with E-state index >= 15 is 0 Å². The molecule has 0 heterocycles. The first-order valence-corrected chi connectivity index (χ1v) is 9.45. The summed E-state index contributed by atoms with van der Waals surface area (Å²) in [5, 5.41) is 10.6. The number of carbonyl (C=O) groups is 1. The SMILES string of the molecule is COc1ccc2c(c1)C(O)CCCC=C2C(=O)c1cc(OC)c(OC)c(OC)c1. The summed E-state index contributed by atoms with van der Waals surface area (Å²) in [4.78, 5) is 13.5. The Hall–Kier alpha value is -2.99. The summed E-state index contributed by atoms with van der Waals surface area (Å²) in [5.74, 6) is 1.72. The fourth-order valence-corrected chi connectivity index (χ4v) is 3.59. The van der Waals surface area contributed by atoms with Gasteiger partial charge in [0.15, 0.2) is 17.3 Å². The van der Waals surface area contributed by atoms with E-state index in [1.807, 2.05) is 12.1 Å². The summed E-state index contributed by atoms with van der Waals surface area (Å²) in [7, 11) is 6.12. The van der Waals surface area contributed by atoms with E-state index in [0.717, 1.165) is 6.42 Å². The van der Waals surface area contributed by atoms with Gasteiger partial charge in [-0.2, -0.15) is 0 Å². The molecule has 0 amide bonds. The maximum Gasteiger partial charge on any atom is 0.203 e. The Labute approximate surface area is 170 Å². The number of methoxy groups -OCH3 is 4. The minimum Gasteiger partial charge on any atom is -0.497 e. The lowest BCUT2D eigenvalue weighted by Crippen LogP contribution is -2.11. The number of aliphatic hydroxyl groups is 1. The van der Waals surface area contributed by atoms with Crippen molar-refractivity contribution < 1.29 is 28.8 Å². The lowest BCUT2D eigenvalue weighted by atomic mass is 9.86. The Bertz CT molecular complexity index is 906. The van der Waals surface area contributed by atoms with Crippen molar-refractivity contribution >= 4 is 11.4 Å². The number of carbonyl (C=O) groups excluding carboxylic acids is 1. The standard InChI is InChI=1S/C23H26O6/c1-26-15-9-10-16-17(7-5-6-8-19(24)18(16)13-15)22(25)14-11-20(27-2)23(29-4)21(12-14)28-3/h7,9-13,19,24H,5-6,8H2,1-4H3. The quantitative estimate of drug-likeness (QED) is 0.735. The molecule has 1 aliphatic rings. The van der Waals surface area contributed by atoms with E-state index in [-0.39, 0.29) is 5.78 Å². The van der Waals surface area contributed by atoms with Crippen LogP contribution in [0.1, 0.15) is 46.9 Å². The van der Waals surface area contributed by atoms with Crippen LogP contribution < -0.4 is 18.9 Å². The van der Waals surface area contributed by atoms with E-state index in [1.54, 1.807) is 31.4 Å². The van der Waals surface area contributed by atoms with Crippen LogP contribution in [0.25, 0.3) is 5.57 Å². The van der Waals surface area contributed by atoms with Gasteiger partial charge >= 0.3 is 0 Å². The molecule has 0 saturated carbocycles. The van der Waals surface area contributed by atoms with Crippen LogP contribution in [0.15, 0.2) is 36.4 Å². The topological polar surface area (TPSA) is 74.2 Å². The minimum absolute atomic E-state index is 0.176. The van der Waals surface area contributed by atoms with Crippen molar-refractivity contribution in [3.8, 4) is 23.0 Å². The molecule has 0 spiro atoms. The van der Waals surface area contributed by atoms with E-state index in [9.17, 15) is 9.90 Å². The van der Waals surface area contributed by atoms with Crippen LogP contribution in [0.2, 0.25) is 0 Å². The number of allylic oxidation sites excluding steroid dienone is 2. The van der Waals surface area contributed by atoms with Crippen LogP contribution in [-0.2, 0) is 0 Å². The highest BCUT2D eigenvalue weighted by Gasteiger charge is 2.25. The van der Waals surface area contributed by atoms with E-state index in [1.165, 1.54) is 21.3 Å². The Balaban J connectivity index is 2.12. The second kappa shape index (κ2) is 9.01. The van der Waals surface area contributed by atoms with E-state index in [2.05, 4.69) is 0 Å². The number of ether oxygens (including phenoxy) is 4. The zero-order valence-corrected chi connectivity index (χ0v) is 17.2. The molecule has 1 unspecified atom stereocenters. The molecule has 29 heavy (non-hydrogen) atoms. The largest absolute Gasteiger partial charge is 0.497 e. The third kappa shape index (κ3) is 4.07. The number of benzene rings is 2. The summed E-state index contributed by atoms with van der Waals surface area (Å²) < 4.78 is 21.4. The molecule has 1 aliphatic carbocycles. The van der Waals surface area contributed by atoms with E-state index in [0.29, 0.717) is 58.1 Å². The van der Waals surface area contributed by atoms with Crippen LogP contribution in [0.3, 0.4) is 0 Å². The molecule has 0 radical (unpaired) electrons. The first kappa shape index (κ1) is 20.7. The van der Waals surface area contributed by atoms with E-state index in [4.69, 9.17) is 18.9 Å². The summed E-state index contributed by atoms with van der Waals surface area (Å²) in [6, 6.07) is 8.70. The highest BCUT2D eigenvalue weighted by Crippen LogP contribution is 2.40. The highest BCUT2D eigenvalue weighted by atomic mass is 16.5. The fraction of sp³-hybridized carbons (Fsp3) is 0.348. The number of rotatable bonds is 6. The van der Waals surface area contributed by atoms with Crippen molar-refractivity contribution in [1.29, 1.82) is 0 Å². The predicted octanol–water partition coefficient (Wildman–Crippen LogP) is 4.20. The van der Waals surface area contributed by atoms with Gasteiger partial charge in [0, 0.05) is 11.1 Å². The molecule has 2 aromatic rings. The van der Waals surface area contributed by atoms with Crippen LogP contribution in [0.4, 0.5) is 0 Å². The van der Waals surface area contributed by atoms with Gasteiger partial charge in [-0.25, -0.2) is 0 Å². The van der Waals surface area contributed by atoms with Crippen LogP contribution in [0, 0.1) is 0 Å². The number of Topliss-reactive ketones (excluding diaryl/α,β-unsaturated/α-hetero) is 1. The molecule has 6 heteroatoms. The molecule has 0 aromatic heterocycles. The predicted molar refractivity (Wildman–Crippen MR) is 110 cm³/mol. The van der Waals surface area contributed by atoms with Gasteiger partial charge < -0.3 is 24.1 Å². The molecule has 0 bridgehead atoms. The minimum atomic E-state index is -0.656. The lowest BCUT2D eigenvalue weighted by Gasteiger charge is -2.21. The third-order valence-corrected chi connectivity index (χ3v) is 5.11. The van der Waals surface area contributed by atoms with Gasteiger partial charge in [0.05, 0.1) is 34.5 Å². The van der Waals surface area contributed by atoms with Crippen LogP contribution in [0.5, 0.6) is 23.0 Å². The maximum absolute atomic E-state index is 13.5. The zero-order valence-electron chi connectivity index (χ0n) is 17.2. The highest BCUT2D eigenvalue weighted by molar-refractivity contribution is 6.29. The van der Waals surface area contributed by atoms with Gasteiger partial charge in [0.1, 0.15) is 5.75 Å². The van der Waals surface area contributed by atoms with Crippen molar-refractivity contribution in [2.24, 2.45) is 0 Å². The Kier molecular flexibility index (Phi) is 6.44. The third-order valence-electron chi connectivity index (χ3n) is 5.11. The molecular formula is C23H26O6. The van der Waals surface area contributed by atoms with Gasteiger partial charge in [0.2, 0.25) is 5.75 Å². The molecule has 3 rings (SSSR count). The average Bonchev–Trinajstić information content (AvgIpc) is 2.75. The first-order valence-electron chi connectivity index (χ1n) is 9.45. The molecule has 154 valence electrons. The van der Waals surface area contributed by atoms with Gasteiger partial charge in [0.25, 0.3) is 0 Å². The number of ketones is 1. The van der Waals surface area contributed by atoms with Gasteiger partial charge in [-0.3, -0.25) is 4.79 Å². The molecule has 1 N–H and O–H groups in total. The summed E-state index contributed by atoms with van der Waals surface area (Å²) in [6.45, 7) is 0. The van der Waals surface area contributed by atoms with E-state index < -0.39 is 6.10 Å². The number of aliphatic hydroxyl groups excluding tert-OH is 1. The molecule has 2 aromatic carbocycles. The van der Waals surface area contributed by atoms with Gasteiger partial charge in [-0.1, -0.05) is 12.1 Å². The Morgan fingerprint density at radius 3 is 2.24 bits per heavy atom. The molecule has 0 saturated heterocycles. The Morgan fingerprint density at radius 2 is 1.66 bits per heavy atom. The maximum atomic E-state index is 13.5. The van der Waals surface area contributed by atoms with Gasteiger partial charge in [-0.05, 0) is 54.7 Å². The summed E-state index contributed by atoms with van der Waals surface area (Å²) >= 11 is 0. The van der Waals surface area contributed by atoms with Crippen LogP contribution >= 0.6 is 0 Å². The summed E-state index contributed by atoms with van der Waals surface area (Å²) in [6.07, 6.45) is 3.39. The zero-order chi connectivity index (χ0) is 21.0. The first-order chi connectivity index (χ1) is 14.0. The number of hydrogen-bond donors (Lipinski definition) is 1. The normalized spacial score (nSPS) is 16.0. The van der Waals surface area contributed by atoms with Crippen molar-refractivity contribution in [2.75, 3.05) is 28.4 Å². The second-order valence-electron chi connectivity index (χ2n) is 6.76. The molecule has 6 nitrogen and oxygen atoms in total. The van der Waals surface area contributed by atoms with Crippen molar-refractivity contribution in [3.05, 3.63) is 53.1 Å². The molecular weight excluding hydrogens is 372 g/mol. The number of fused-ring (bicyclic) bond motifs is 1. The average molecular weight is 398 g/mol. The molecule has 0 aliphatic heterocycles. The fourth-order valence-electron chi connectivity index (χ4n) is 3.59.